The highest BCUT2D eigenvalue weighted by molar-refractivity contribution is 7.92. The molecule has 2 aromatic carbocycles. The number of hydrogen-bond donors (Lipinski definition) is 1. The van der Waals surface area contributed by atoms with Crippen molar-refractivity contribution in [3.63, 3.8) is 0 Å². The zero-order chi connectivity index (χ0) is 18.0. The average molecular weight is 360 g/mol. The van der Waals surface area contributed by atoms with E-state index in [4.69, 9.17) is 4.74 Å². The van der Waals surface area contributed by atoms with Gasteiger partial charge in [0.15, 0.2) is 0 Å². The van der Waals surface area contributed by atoms with Gasteiger partial charge in [-0.2, -0.15) is 0 Å². The third-order valence-electron chi connectivity index (χ3n) is 4.03. The van der Waals surface area contributed by atoms with Gasteiger partial charge >= 0.3 is 0 Å². The number of benzene rings is 2. The molecule has 2 aromatic rings. The molecule has 132 valence electrons. The molecule has 25 heavy (non-hydrogen) atoms. The van der Waals surface area contributed by atoms with E-state index in [-0.39, 0.29) is 16.8 Å². The number of carbonyl (C=O) groups excluding carboxylic acids is 1. The fourth-order valence-corrected chi connectivity index (χ4v) is 3.76. The van der Waals surface area contributed by atoms with Gasteiger partial charge in [-0.05, 0) is 49.2 Å². The van der Waals surface area contributed by atoms with Crippen molar-refractivity contribution in [1.82, 2.24) is 0 Å². The van der Waals surface area contributed by atoms with Gasteiger partial charge < -0.3 is 9.64 Å². The molecule has 7 heteroatoms. The molecule has 0 radical (unpaired) electrons. The summed E-state index contributed by atoms with van der Waals surface area (Å²) in [5.41, 5.74) is 0.968. The lowest BCUT2D eigenvalue weighted by Crippen LogP contribution is -2.31. The van der Waals surface area contributed by atoms with E-state index in [2.05, 4.69) is 4.72 Å². The van der Waals surface area contributed by atoms with Gasteiger partial charge in [0.05, 0.1) is 23.4 Å². The Morgan fingerprint density at radius 2 is 1.76 bits per heavy atom. The molecule has 1 amide bonds. The highest BCUT2D eigenvalue weighted by atomic mass is 32.2. The minimum absolute atomic E-state index is 0.0985. The number of nitrogens with zero attached hydrogens (tertiary/aromatic N) is 1. The van der Waals surface area contributed by atoms with Crippen molar-refractivity contribution in [2.45, 2.75) is 30.7 Å². The molecule has 6 nitrogen and oxygen atoms in total. The van der Waals surface area contributed by atoms with Gasteiger partial charge in [-0.1, -0.05) is 12.1 Å². The van der Waals surface area contributed by atoms with E-state index in [0.29, 0.717) is 17.1 Å². The fraction of sp³-hybridized carbons (Fsp3) is 0.278. The summed E-state index contributed by atoms with van der Waals surface area (Å²) in [4.78, 5) is 13.8. The summed E-state index contributed by atoms with van der Waals surface area (Å²) in [5, 5.41) is 0. The van der Waals surface area contributed by atoms with E-state index >= 15 is 0 Å². The van der Waals surface area contributed by atoms with E-state index in [0.717, 1.165) is 12.8 Å². The second-order valence-electron chi connectivity index (χ2n) is 5.92. The van der Waals surface area contributed by atoms with Crippen LogP contribution in [0, 0.1) is 0 Å². The minimum Gasteiger partial charge on any atom is -0.497 e. The normalized spacial score (nSPS) is 14.0. The van der Waals surface area contributed by atoms with Crippen LogP contribution in [0.15, 0.2) is 53.4 Å². The first-order valence-electron chi connectivity index (χ1n) is 7.98. The topological polar surface area (TPSA) is 75.7 Å². The zero-order valence-corrected chi connectivity index (χ0v) is 14.9. The van der Waals surface area contributed by atoms with Gasteiger partial charge in [0.2, 0.25) is 5.91 Å². The molecule has 0 saturated heterocycles. The number of sulfonamides is 1. The third-order valence-corrected chi connectivity index (χ3v) is 5.41. The first-order valence-corrected chi connectivity index (χ1v) is 9.46. The quantitative estimate of drug-likeness (QED) is 0.859. The number of methoxy groups -OCH3 is 1. The van der Waals surface area contributed by atoms with Gasteiger partial charge in [0.25, 0.3) is 10.0 Å². The lowest BCUT2D eigenvalue weighted by molar-refractivity contribution is -0.116. The van der Waals surface area contributed by atoms with Crippen molar-refractivity contribution in [1.29, 1.82) is 0 Å². The van der Waals surface area contributed by atoms with Gasteiger partial charge in [-0.25, -0.2) is 8.42 Å². The van der Waals surface area contributed by atoms with Crippen LogP contribution >= 0.6 is 0 Å². The van der Waals surface area contributed by atoms with Crippen molar-refractivity contribution >= 4 is 27.3 Å². The number of nitrogens with one attached hydrogen (secondary N) is 1. The average Bonchev–Trinajstić information content (AvgIpc) is 3.41. The van der Waals surface area contributed by atoms with Gasteiger partial charge in [-0.15, -0.1) is 0 Å². The molecule has 1 fully saturated rings. The maximum Gasteiger partial charge on any atom is 0.261 e. The Morgan fingerprint density at radius 1 is 1.12 bits per heavy atom. The number of carbonyl (C=O) groups is 1. The maximum atomic E-state index is 12.7. The van der Waals surface area contributed by atoms with Crippen molar-refractivity contribution in [3.8, 4) is 5.75 Å². The Morgan fingerprint density at radius 3 is 2.32 bits per heavy atom. The fourth-order valence-electron chi connectivity index (χ4n) is 2.68. The van der Waals surface area contributed by atoms with E-state index in [1.165, 1.54) is 26.2 Å². The maximum absolute atomic E-state index is 12.7. The molecule has 0 spiro atoms. The van der Waals surface area contributed by atoms with Crippen LogP contribution in [-0.2, 0) is 14.8 Å². The lowest BCUT2D eigenvalue weighted by atomic mass is 10.2. The summed E-state index contributed by atoms with van der Waals surface area (Å²) in [6, 6.07) is 13.2. The summed E-state index contributed by atoms with van der Waals surface area (Å²) in [6.45, 7) is 1.49. The van der Waals surface area contributed by atoms with Crippen LogP contribution in [0.5, 0.6) is 5.75 Å². The van der Waals surface area contributed by atoms with Crippen LogP contribution in [0.1, 0.15) is 19.8 Å². The number of hydrogen-bond acceptors (Lipinski definition) is 4. The Kier molecular flexibility index (Phi) is 4.67. The Labute approximate surface area is 147 Å². The molecule has 1 aliphatic carbocycles. The van der Waals surface area contributed by atoms with Crippen molar-refractivity contribution in [3.05, 3.63) is 48.5 Å². The second kappa shape index (κ2) is 6.76. The molecule has 1 aliphatic rings. The van der Waals surface area contributed by atoms with Crippen LogP contribution < -0.4 is 14.4 Å². The molecule has 0 atom stereocenters. The lowest BCUT2D eigenvalue weighted by Gasteiger charge is -2.24. The molecule has 3 rings (SSSR count). The molecule has 1 N–H and O–H groups in total. The number of para-hydroxylation sites is 2. The SMILES string of the molecule is COc1ccc(S(=O)(=O)Nc2ccccc2N(C(C)=O)C2CC2)cc1. The largest absolute Gasteiger partial charge is 0.497 e. The number of ether oxygens (including phenoxy) is 1. The first-order chi connectivity index (χ1) is 11.9. The van der Waals surface area contributed by atoms with Crippen molar-refractivity contribution in [2.24, 2.45) is 0 Å². The number of anilines is 2. The molecule has 0 bridgehead atoms. The summed E-state index contributed by atoms with van der Waals surface area (Å²) < 4.78 is 33.0. The van der Waals surface area contributed by atoms with Crippen molar-refractivity contribution in [2.75, 3.05) is 16.7 Å². The van der Waals surface area contributed by atoms with Crippen LogP contribution in [0.3, 0.4) is 0 Å². The van der Waals surface area contributed by atoms with Gasteiger partial charge in [0.1, 0.15) is 5.75 Å². The zero-order valence-electron chi connectivity index (χ0n) is 14.1. The van der Waals surface area contributed by atoms with Crippen LogP contribution in [0.2, 0.25) is 0 Å². The highest BCUT2D eigenvalue weighted by Gasteiger charge is 2.33. The summed E-state index contributed by atoms with van der Waals surface area (Å²) in [5.74, 6) is 0.481. The predicted octanol–water partition coefficient (Wildman–Crippen LogP) is 3.01. The monoisotopic (exact) mass is 360 g/mol. The first kappa shape index (κ1) is 17.3. The summed E-state index contributed by atoms with van der Waals surface area (Å²) >= 11 is 0. The van der Waals surface area contributed by atoms with Crippen LogP contribution in [0.4, 0.5) is 11.4 Å². The minimum atomic E-state index is -3.77. The number of amides is 1. The van der Waals surface area contributed by atoms with E-state index in [9.17, 15) is 13.2 Å². The van der Waals surface area contributed by atoms with Gasteiger partial charge in [-0.3, -0.25) is 9.52 Å². The van der Waals surface area contributed by atoms with E-state index in [1.54, 1.807) is 41.3 Å². The predicted molar refractivity (Wildman–Crippen MR) is 96.4 cm³/mol. The van der Waals surface area contributed by atoms with Crippen LogP contribution in [0.25, 0.3) is 0 Å². The smallest absolute Gasteiger partial charge is 0.261 e. The third kappa shape index (κ3) is 3.76. The molecule has 0 heterocycles. The number of rotatable bonds is 6. The molecule has 1 saturated carbocycles. The molecule has 0 unspecified atom stereocenters. The molecule has 0 aromatic heterocycles. The Hall–Kier alpha value is -2.54. The van der Waals surface area contributed by atoms with Gasteiger partial charge in [0, 0.05) is 13.0 Å². The molecule has 0 aliphatic heterocycles. The standard InChI is InChI=1S/C18H20N2O4S/c1-13(21)20(14-7-8-14)18-6-4-3-5-17(18)19-25(22,23)16-11-9-15(24-2)10-12-16/h3-6,9-12,14,19H,7-8H2,1-2H3. The summed E-state index contributed by atoms with van der Waals surface area (Å²) in [6.07, 6.45) is 1.86. The summed E-state index contributed by atoms with van der Waals surface area (Å²) in [7, 11) is -2.25. The van der Waals surface area contributed by atoms with E-state index < -0.39 is 10.0 Å². The second-order valence-corrected chi connectivity index (χ2v) is 7.60. The van der Waals surface area contributed by atoms with E-state index in [1.807, 2.05) is 0 Å². The van der Waals surface area contributed by atoms with Crippen molar-refractivity contribution < 1.29 is 17.9 Å². The Balaban J connectivity index is 1.93. The molecular formula is C18H20N2O4S. The van der Waals surface area contributed by atoms with Crippen LogP contribution in [-0.4, -0.2) is 27.5 Å². The highest BCUT2D eigenvalue weighted by Crippen LogP contribution is 2.36. The molecular weight excluding hydrogens is 340 g/mol. The Bertz CT molecular complexity index is 874.